The summed E-state index contributed by atoms with van der Waals surface area (Å²) in [5.41, 5.74) is 2.03. The van der Waals surface area contributed by atoms with Crippen LogP contribution in [0.2, 0.25) is 0 Å². The molecule has 9 heteroatoms. The zero-order chi connectivity index (χ0) is 19.2. The lowest BCUT2D eigenvalue weighted by Crippen LogP contribution is -2.17. The molecule has 27 heavy (non-hydrogen) atoms. The van der Waals surface area contributed by atoms with E-state index in [-0.39, 0.29) is 24.8 Å². The van der Waals surface area contributed by atoms with E-state index in [4.69, 9.17) is 4.74 Å². The second-order valence-corrected chi connectivity index (χ2v) is 8.24. The van der Waals surface area contributed by atoms with Crippen LogP contribution >= 0.6 is 38.6 Å². The number of hydrogen-bond donors (Lipinski definition) is 2. The zero-order valence-corrected chi connectivity index (χ0v) is 17.5. The number of thiazole rings is 1. The molecular weight excluding hydrogens is 450 g/mol. The molecule has 0 aliphatic heterocycles. The molecule has 0 unspecified atom stereocenters. The minimum Gasteiger partial charge on any atom is -0.375 e. The van der Waals surface area contributed by atoms with Gasteiger partial charge in [-0.3, -0.25) is 9.59 Å². The summed E-state index contributed by atoms with van der Waals surface area (Å²) in [6.07, 6.45) is 0.204. The predicted octanol–water partition coefficient (Wildman–Crippen LogP) is 4.40. The van der Waals surface area contributed by atoms with Gasteiger partial charge in [0.25, 0.3) is 0 Å². The van der Waals surface area contributed by atoms with Crippen LogP contribution < -0.4 is 10.6 Å². The largest absolute Gasteiger partial charge is 0.375 e. The van der Waals surface area contributed by atoms with Gasteiger partial charge < -0.3 is 15.4 Å². The van der Waals surface area contributed by atoms with Crippen LogP contribution in [0.25, 0.3) is 9.88 Å². The molecule has 0 aliphatic carbocycles. The van der Waals surface area contributed by atoms with Crippen molar-refractivity contribution >= 4 is 61.8 Å². The van der Waals surface area contributed by atoms with E-state index < -0.39 is 0 Å². The van der Waals surface area contributed by atoms with E-state index in [0.29, 0.717) is 11.4 Å². The van der Waals surface area contributed by atoms with E-state index in [9.17, 15) is 9.59 Å². The Morgan fingerprint density at radius 1 is 1.07 bits per heavy atom. The molecule has 0 aliphatic rings. The van der Waals surface area contributed by atoms with Crippen LogP contribution in [0, 0.1) is 0 Å². The summed E-state index contributed by atoms with van der Waals surface area (Å²) in [7, 11) is 1.46. The van der Waals surface area contributed by atoms with Gasteiger partial charge in [-0.1, -0.05) is 0 Å². The number of anilines is 2. The summed E-state index contributed by atoms with van der Waals surface area (Å²) >= 11 is 6.57. The summed E-state index contributed by atoms with van der Waals surface area (Å²) in [6.45, 7) is -0.00343. The van der Waals surface area contributed by atoms with Crippen LogP contribution in [-0.4, -0.2) is 30.5 Å². The molecule has 0 atom stereocenters. The van der Waals surface area contributed by atoms with Gasteiger partial charge in [0.1, 0.15) is 11.6 Å². The fourth-order valence-electron chi connectivity index (χ4n) is 2.26. The Labute approximate surface area is 172 Å². The Morgan fingerprint density at radius 3 is 2.33 bits per heavy atom. The number of carbonyl (C=O) groups is 2. The van der Waals surface area contributed by atoms with Crippen molar-refractivity contribution in [2.45, 2.75) is 6.42 Å². The van der Waals surface area contributed by atoms with E-state index in [2.05, 4.69) is 31.5 Å². The number of methoxy groups -OCH3 is 1. The number of thiophene rings is 1. The van der Waals surface area contributed by atoms with Crippen molar-refractivity contribution in [2.24, 2.45) is 0 Å². The van der Waals surface area contributed by atoms with Crippen molar-refractivity contribution in [2.75, 3.05) is 24.4 Å². The van der Waals surface area contributed by atoms with E-state index in [1.807, 2.05) is 16.8 Å². The van der Waals surface area contributed by atoms with Crippen molar-refractivity contribution in [1.29, 1.82) is 0 Å². The van der Waals surface area contributed by atoms with E-state index >= 15 is 0 Å². The van der Waals surface area contributed by atoms with Crippen LogP contribution in [0.5, 0.6) is 0 Å². The van der Waals surface area contributed by atoms with Crippen LogP contribution in [0.1, 0.15) is 5.69 Å². The normalized spacial score (nSPS) is 10.6. The molecule has 2 aromatic heterocycles. The Hall–Kier alpha value is -2.07. The first kappa shape index (κ1) is 19.7. The van der Waals surface area contributed by atoms with Crippen LogP contribution in [-0.2, 0) is 20.7 Å². The highest BCUT2D eigenvalue weighted by atomic mass is 79.9. The lowest BCUT2D eigenvalue weighted by molar-refractivity contribution is -0.119. The summed E-state index contributed by atoms with van der Waals surface area (Å²) < 4.78 is 5.79. The maximum atomic E-state index is 12.2. The monoisotopic (exact) mass is 465 g/mol. The van der Waals surface area contributed by atoms with Crippen molar-refractivity contribution in [3.8, 4) is 9.88 Å². The molecule has 0 saturated carbocycles. The van der Waals surface area contributed by atoms with Crippen molar-refractivity contribution in [3.63, 3.8) is 0 Å². The molecule has 3 rings (SSSR count). The number of ether oxygens (including phenoxy) is 1. The van der Waals surface area contributed by atoms with Gasteiger partial charge in [0.05, 0.1) is 17.0 Å². The van der Waals surface area contributed by atoms with Gasteiger partial charge in [0.2, 0.25) is 11.8 Å². The molecule has 0 saturated heterocycles. The lowest BCUT2D eigenvalue weighted by atomic mass is 10.2. The topological polar surface area (TPSA) is 80.3 Å². The molecule has 1 aromatic carbocycles. The van der Waals surface area contributed by atoms with E-state index in [1.165, 1.54) is 18.4 Å². The molecular formula is C18H16BrN3O3S2. The maximum absolute atomic E-state index is 12.2. The number of nitrogens with one attached hydrogen (secondary N) is 2. The minimum atomic E-state index is -0.230. The third-order valence-electron chi connectivity index (χ3n) is 3.40. The molecule has 0 fully saturated rings. The Morgan fingerprint density at radius 2 is 1.74 bits per heavy atom. The van der Waals surface area contributed by atoms with Crippen molar-refractivity contribution in [3.05, 3.63) is 51.3 Å². The number of aromatic nitrogens is 1. The van der Waals surface area contributed by atoms with Crippen LogP contribution in [0.4, 0.5) is 11.4 Å². The fourth-order valence-corrected chi connectivity index (χ4v) is 4.59. The molecule has 2 amide bonds. The van der Waals surface area contributed by atoms with Crippen molar-refractivity contribution < 1.29 is 14.3 Å². The molecule has 0 spiro atoms. The lowest BCUT2D eigenvalue weighted by Gasteiger charge is -2.07. The number of halogens is 1. The standard InChI is InChI=1S/C18H16BrN3O3S2/c1-25-8-17(24)21-13-4-2-12(3-5-13)20-16(23)7-14-10-27-18(22-14)15-6-11(19)9-26-15/h2-6,9-10H,7-8H2,1H3,(H,20,23)(H,21,24). The first-order valence-electron chi connectivity index (χ1n) is 7.91. The summed E-state index contributed by atoms with van der Waals surface area (Å²) in [5, 5.41) is 10.3. The number of amides is 2. The average molecular weight is 466 g/mol. The number of carbonyl (C=O) groups excluding carboxylic acids is 2. The maximum Gasteiger partial charge on any atom is 0.250 e. The number of hydrogen-bond acceptors (Lipinski definition) is 6. The van der Waals surface area contributed by atoms with Crippen LogP contribution in [0.15, 0.2) is 45.6 Å². The second-order valence-electron chi connectivity index (χ2n) is 5.56. The molecule has 3 aromatic rings. The Kier molecular flexibility index (Phi) is 6.73. The van der Waals surface area contributed by atoms with E-state index in [0.717, 1.165) is 20.1 Å². The summed E-state index contributed by atoms with van der Waals surface area (Å²) in [4.78, 5) is 29.3. The number of nitrogens with zero attached hydrogens (tertiary/aromatic N) is 1. The SMILES string of the molecule is COCC(=O)Nc1ccc(NC(=O)Cc2csc(-c3cc(Br)cs3)n2)cc1. The highest BCUT2D eigenvalue weighted by Gasteiger charge is 2.11. The molecule has 0 bridgehead atoms. The highest BCUT2D eigenvalue weighted by molar-refractivity contribution is 9.10. The third kappa shape index (κ3) is 5.70. The van der Waals surface area contributed by atoms with Gasteiger partial charge in [0.15, 0.2) is 0 Å². The zero-order valence-electron chi connectivity index (χ0n) is 14.3. The highest BCUT2D eigenvalue weighted by Crippen LogP contribution is 2.32. The molecule has 2 heterocycles. The van der Waals surface area contributed by atoms with Gasteiger partial charge >= 0.3 is 0 Å². The average Bonchev–Trinajstić information content (AvgIpc) is 3.26. The van der Waals surface area contributed by atoms with Gasteiger partial charge in [0, 0.05) is 33.7 Å². The number of rotatable bonds is 7. The first-order valence-corrected chi connectivity index (χ1v) is 10.5. The van der Waals surface area contributed by atoms with Gasteiger partial charge in [-0.05, 0) is 46.3 Å². The first-order chi connectivity index (χ1) is 13.0. The Balaban J connectivity index is 1.55. The molecule has 2 N–H and O–H groups in total. The molecule has 0 radical (unpaired) electrons. The van der Waals surface area contributed by atoms with Crippen molar-refractivity contribution in [1.82, 2.24) is 4.98 Å². The smallest absolute Gasteiger partial charge is 0.250 e. The van der Waals surface area contributed by atoms with Gasteiger partial charge in [-0.25, -0.2) is 4.98 Å². The summed E-state index contributed by atoms with van der Waals surface area (Å²) in [6, 6.07) is 8.92. The van der Waals surface area contributed by atoms with Gasteiger partial charge in [-0.15, -0.1) is 22.7 Å². The molecule has 6 nitrogen and oxygen atoms in total. The van der Waals surface area contributed by atoms with E-state index in [1.54, 1.807) is 35.6 Å². The minimum absolute atomic E-state index is 0.00343. The molecule has 140 valence electrons. The van der Waals surface area contributed by atoms with Gasteiger partial charge in [-0.2, -0.15) is 0 Å². The fraction of sp³-hybridized carbons (Fsp3) is 0.167. The third-order valence-corrected chi connectivity index (χ3v) is 6.15. The van der Waals surface area contributed by atoms with Crippen LogP contribution in [0.3, 0.4) is 0 Å². The number of benzene rings is 1. The quantitative estimate of drug-likeness (QED) is 0.541. The second kappa shape index (κ2) is 9.23. The summed E-state index contributed by atoms with van der Waals surface area (Å²) in [5.74, 6) is -0.373. The Bertz CT molecular complexity index is 937. The predicted molar refractivity (Wildman–Crippen MR) is 112 cm³/mol.